The summed E-state index contributed by atoms with van der Waals surface area (Å²) in [5, 5.41) is 1.32. The van der Waals surface area contributed by atoms with E-state index in [2.05, 4.69) is 0 Å². The fraction of sp³-hybridized carbons (Fsp3) is 0.500. The van der Waals surface area contributed by atoms with E-state index in [1.165, 1.54) is 0 Å². The Labute approximate surface area is 137 Å². The van der Waals surface area contributed by atoms with Gasteiger partial charge in [0.2, 0.25) is 0 Å². The van der Waals surface area contributed by atoms with Crippen molar-refractivity contribution in [1.82, 2.24) is 0 Å². The molecule has 1 aliphatic heterocycles. The van der Waals surface area contributed by atoms with Crippen LogP contribution in [-0.4, -0.2) is 11.6 Å². The molecule has 0 amide bonds. The molecule has 1 saturated heterocycles. The first-order valence-electron chi connectivity index (χ1n) is 6.24. The predicted octanol–water partition coefficient (Wildman–Crippen LogP) is 5.21. The number of ether oxygens (including phenoxy) is 1. The van der Waals surface area contributed by atoms with E-state index >= 15 is 0 Å². The Kier molecular flexibility index (Phi) is 3.27. The van der Waals surface area contributed by atoms with E-state index < -0.39 is 11.0 Å². The molecule has 2 atom stereocenters. The Morgan fingerprint density at radius 2 is 1.55 bits per heavy atom. The average molecular weight is 354 g/mol. The molecule has 108 valence electrons. The van der Waals surface area contributed by atoms with E-state index in [0.717, 1.165) is 11.1 Å². The highest BCUT2D eigenvalue weighted by Gasteiger charge is 2.52. The number of fused-ring (bicyclic) bond motifs is 4. The number of halogens is 4. The number of esters is 1. The lowest BCUT2D eigenvalue weighted by atomic mass is 9.62. The molecule has 20 heavy (non-hydrogen) atoms. The zero-order chi connectivity index (χ0) is 14.9. The number of hydrogen-bond donors (Lipinski definition) is 0. The van der Waals surface area contributed by atoms with Crippen LogP contribution in [0.2, 0.25) is 20.1 Å². The topological polar surface area (TPSA) is 26.3 Å². The van der Waals surface area contributed by atoms with Gasteiger partial charge in [0, 0.05) is 11.8 Å². The number of carbonyl (C=O) groups excluding carboxylic acids is 1. The van der Waals surface area contributed by atoms with Crippen molar-refractivity contribution in [3.63, 3.8) is 0 Å². The molecule has 1 aromatic rings. The standard InChI is InChI=1S/C14H12Cl4O2/c1-13-4-7(19)20-14(2,5-13)3-6-8(13)10(16)12(18)11(17)9(6)15/h3-5H2,1-2H3. The van der Waals surface area contributed by atoms with Crippen LogP contribution in [0.15, 0.2) is 0 Å². The summed E-state index contributed by atoms with van der Waals surface area (Å²) in [6, 6.07) is 0. The van der Waals surface area contributed by atoms with Gasteiger partial charge in [-0.3, -0.25) is 4.79 Å². The van der Waals surface area contributed by atoms with Gasteiger partial charge in [0.1, 0.15) is 5.60 Å². The first-order chi connectivity index (χ1) is 9.17. The van der Waals surface area contributed by atoms with Crippen molar-refractivity contribution in [2.45, 2.75) is 44.1 Å². The second-order valence-electron chi connectivity index (χ2n) is 6.12. The van der Waals surface area contributed by atoms with Crippen molar-refractivity contribution >= 4 is 52.4 Å². The maximum absolute atomic E-state index is 11.9. The normalized spacial score (nSPS) is 31.8. The van der Waals surface area contributed by atoms with Crippen molar-refractivity contribution in [2.24, 2.45) is 0 Å². The molecule has 0 radical (unpaired) electrons. The second kappa shape index (κ2) is 4.42. The number of rotatable bonds is 0. The fourth-order valence-corrected chi connectivity index (χ4v) is 4.86. The van der Waals surface area contributed by atoms with Crippen molar-refractivity contribution in [3.8, 4) is 0 Å². The van der Waals surface area contributed by atoms with Crippen LogP contribution in [0.3, 0.4) is 0 Å². The summed E-state index contributed by atoms with van der Waals surface area (Å²) in [4.78, 5) is 11.9. The molecule has 1 fully saturated rings. The molecule has 2 aliphatic rings. The van der Waals surface area contributed by atoms with Gasteiger partial charge in [-0.15, -0.1) is 0 Å². The molecule has 2 nitrogen and oxygen atoms in total. The van der Waals surface area contributed by atoms with E-state index in [1.807, 2.05) is 13.8 Å². The molecule has 1 aromatic carbocycles. The number of carbonyl (C=O) groups is 1. The lowest BCUT2D eigenvalue weighted by molar-refractivity contribution is -0.172. The summed E-state index contributed by atoms with van der Waals surface area (Å²) in [5.41, 5.74) is 0.691. The maximum Gasteiger partial charge on any atom is 0.307 e. The quantitative estimate of drug-likeness (QED) is 0.363. The van der Waals surface area contributed by atoms with Gasteiger partial charge < -0.3 is 4.74 Å². The highest BCUT2D eigenvalue weighted by Crippen LogP contribution is 2.55. The van der Waals surface area contributed by atoms with Gasteiger partial charge in [0.05, 0.1) is 26.5 Å². The van der Waals surface area contributed by atoms with Crippen LogP contribution in [0, 0.1) is 0 Å². The van der Waals surface area contributed by atoms with E-state index in [1.54, 1.807) is 0 Å². The third-order valence-electron chi connectivity index (χ3n) is 4.18. The van der Waals surface area contributed by atoms with Gasteiger partial charge in [0.25, 0.3) is 0 Å². The molecule has 0 aromatic heterocycles. The zero-order valence-corrected chi connectivity index (χ0v) is 14.0. The van der Waals surface area contributed by atoms with Gasteiger partial charge in [-0.05, 0) is 24.5 Å². The molecule has 1 aliphatic carbocycles. The van der Waals surface area contributed by atoms with Gasteiger partial charge in [-0.1, -0.05) is 53.3 Å². The van der Waals surface area contributed by atoms with Crippen LogP contribution in [0.1, 0.15) is 37.8 Å². The lowest BCUT2D eigenvalue weighted by Crippen LogP contribution is -2.51. The first kappa shape index (κ1) is 14.8. The van der Waals surface area contributed by atoms with Crippen molar-refractivity contribution < 1.29 is 9.53 Å². The summed E-state index contributed by atoms with van der Waals surface area (Å²) in [5.74, 6) is -0.217. The highest BCUT2D eigenvalue weighted by atomic mass is 35.5. The van der Waals surface area contributed by atoms with E-state index in [9.17, 15) is 4.79 Å². The minimum atomic E-state index is -0.568. The fourth-order valence-electron chi connectivity index (χ4n) is 3.68. The van der Waals surface area contributed by atoms with E-state index in [0.29, 0.717) is 22.9 Å². The first-order valence-corrected chi connectivity index (χ1v) is 7.75. The van der Waals surface area contributed by atoms with Crippen molar-refractivity contribution in [3.05, 3.63) is 31.2 Å². The monoisotopic (exact) mass is 352 g/mol. The summed E-state index contributed by atoms with van der Waals surface area (Å²) in [7, 11) is 0. The Morgan fingerprint density at radius 1 is 0.950 bits per heavy atom. The maximum atomic E-state index is 11.9. The Morgan fingerprint density at radius 3 is 2.20 bits per heavy atom. The van der Waals surface area contributed by atoms with Crippen LogP contribution >= 0.6 is 46.4 Å². The SMILES string of the molecule is CC12Cc3c(Cl)c(Cl)c(Cl)c(Cl)c3C(C)(CC(=O)O1)C2. The Balaban J connectivity index is 2.34. The minimum Gasteiger partial charge on any atom is -0.459 e. The second-order valence-corrected chi connectivity index (χ2v) is 7.64. The Bertz CT molecular complexity index is 643. The molecule has 6 heteroatoms. The van der Waals surface area contributed by atoms with E-state index in [-0.39, 0.29) is 22.4 Å². The molecule has 0 N–H and O–H groups in total. The number of hydrogen-bond acceptors (Lipinski definition) is 2. The minimum absolute atomic E-state index is 0.217. The third kappa shape index (κ3) is 1.96. The van der Waals surface area contributed by atoms with Crippen LogP contribution in [-0.2, 0) is 21.4 Å². The summed E-state index contributed by atoms with van der Waals surface area (Å²) in [6.07, 6.45) is 1.47. The van der Waals surface area contributed by atoms with Crippen molar-refractivity contribution in [2.75, 3.05) is 0 Å². The van der Waals surface area contributed by atoms with Gasteiger partial charge in [0.15, 0.2) is 0 Å². The molecule has 0 spiro atoms. The average Bonchev–Trinajstić information content (AvgIpc) is 2.30. The molecular weight excluding hydrogens is 342 g/mol. The largest absolute Gasteiger partial charge is 0.459 e. The lowest BCUT2D eigenvalue weighted by Gasteiger charge is -2.49. The molecule has 0 saturated carbocycles. The predicted molar refractivity (Wildman–Crippen MR) is 81.3 cm³/mol. The highest BCUT2D eigenvalue weighted by molar-refractivity contribution is 6.52. The molecule has 2 unspecified atom stereocenters. The Hall–Kier alpha value is -0.150. The van der Waals surface area contributed by atoms with Crippen LogP contribution in [0.4, 0.5) is 0 Å². The summed E-state index contributed by atoms with van der Waals surface area (Å²) >= 11 is 25.0. The van der Waals surface area contributed by atoms with Crippen LogP contribution < -0.4 is 0 Å². The molecule has 3 rings (SSSR count). The molecular formula is C14H12Cl4O2. The van der Waals surface area contributed by atoms with Crippen LogP contribution in [0.5, 0.6) is 0 Å². The molecule has 1 heterocycles. The summed E-state index contributed by atoms with van der Waals surface area (Å²) < 4.78 is 5.51. The number of benzene rings is 1. The smallest absolute Gasteiger partial charge is 0.307 e. The van der Waals surface area contributed by atoms with Gasteiger partial charge in [-0.2, -0.15) is 0 Å². The van der Waals surface area contributed by atoms with E-state index in [4.69, 9.17) is 51.1 Å². The van der Waals surface area contributed by atoms with Crippen molar-refractivity contribution in [1.29, 1.82) is 0 Å². The zero-order valence-electron chi connectivity index (χ0n) is 10.9. The van der Waals surface area contributed by atoms with Gasteiger partial charge in [-0.25, -0.2) is 0 Å². The third-order valence-corrected chi connectivity index (χ3v) is 6.02. The molecule has 2 bridgehead atoms. The summed E-state index contributed by atoms with van der Waals surface area (Å²) in [6.45, 7) is 3.91. The van der Waals surface area contributed by atoms with Crippen LogP contribution in [0.25, 0.3) is 0 Å². The van der Waals surface area contributed by atoms with Gasteiger partial charge >= 0.3 is 5.97 Å².